The molecule has 4 heterocycles. The van der Waals surface area contributed by atoms with Crippen LogP contribution in [0.2, 0.25) is 0 Å². The number of pyridine rings is 1. The lowest BCUT2D eigenvalue weighted by molar-refractivity contribution is 0.154. The van der Waals surface area contributed by atoms with Gasteiger partial charge in [-0.3, -0.25) is 14.0 Å². The zero-order valence-electron chi connectivity index (χ0n) is 15.5. The van der Waals surface area contributed by atoms with Gasteiger partial charge < -0.3 is 4.42 Å². The van der Waals surface area contributed by atoms with E-state index in [2.05, 4.69) is 20.1 Å². The van der Waals surface area contributed by atoms with Crippen molar-refractivity contribution in [1.29, 1.82) is 0 Å². The number of piperidine rings is 1. The molecule has 3 aromatic rings. The molecule has 8 heteroatoms. The number of likely N-dealkylation sites (tertiary alicyclic amines) is 1. The average molecular weight is 368 g/mol. The second-order valence-electron chi connectivity index (χ2n) is 7.83. The summed E-state index contributed by atoms with van der Waals surface area (Å²) < 4.78 is 9.29. The molecule has 0 radical (unpaired) electrons. The number of rotatable bonds is 5. The summed E-state index contributed by atoms with van der Waals surface area (Å²) in [6, 6.07) is 3.82. The molecule has 1 saturated carbocycles. The monoisotopic (exact) mass is 368 g/mol. The van der Waals surface area contributed by atoms with Crippen LogP contribution in [0.4, 0.5) is 0 Å². The number of hydrogen-bond donors (Lipinski definition) is 0. The summed E-state index contributed by atoms with van der Waals surface area (Å²) in [7, 11) is 1.81. The molecule has 8 nitrogen and oxygen atoms in total. The zero-order chi connectivity index (χ0) is 18.4. The third-order valence-electron chi connectivity index (χ3n) is 5.82. The van der Waals surface area contributed by atoms with E-state index in [0.29, 0.717) is 11.8 Å². The molecule has 0 amide bonds. The lowest BCUT2D eigenvalue weighted by Crippen LogP contribution is -2.36. The van der Waals surface area contributed by atoms with Crippen molar-refractivity contribution in [2.75, 3.05) is 13.1 Å². The van der Waals surface area contributed by atoms with Crippen LogP contribution in [-0.4, -0.2) is 42.3 Å². The molecule has 1 aliphatic carbocycles. The van der Waals surface area contributed by atoms with E-state index in [1.807, 2.05) is 23.7 Å². The summed E-state index contributed by atoms with van der Waals surface area (Å²) in [6.45, 7) is 3.42. The van der Waals surface area contributed by atoms with Gasteiger partial charge in [0.25, 0.3) is 0 Å². The summed E-state index contributed by atoms with van der Waals surface area (Å²) in [5.74, 6) is 2.52. The summed E-state index contributed by atoms with van der Waals surface area (Å²) in [4.78, 5) is 19.4. The zero-order valence-corrected chi connectivity index (χ0v) is 15.5. The molecule has 0 aromatic carbocycles. The average Bonchev–Trinajstić information content (AvgIpc) is 3.40. The maximum absolute atomic E-state index is 12.6. The van der Waals surface area contributed by atoms with Crippen LogP contribution in [-0.2, 0) is 20.1 Å². The fraction of sp³-hybridized carbons (Fsp3) is 0.579. The predicted octanol–water partition coefficient (Wildman–Crippen LogP) is 1.91. The van der Waals surface area contributed by atoms with E-state index in [4.69, 9.17) is 4.42 Å². The number of fused-ring (bicyclic) bond motifs is 1. The molecule has 142 valence electrons. The number of aryl methyl sites for hydroxylation is 1. The van der Waals surface area contributed by atoms with Gasteiger partial charge in [0, 0.05) is 25.7 Å². The molecule has 3 aromatic heterocycles. The van der Waals surface area contributed by atoms with Crippen LogP contribution < -0.4 is 5.69 Å². The van der Waals surface area contributed by atoms with Crippen LogP contribution in [0.15, 0.2) is 27.5 Å². The van der Waals surface area contributed by atoms with E-state index in [9.17, 15) is 4.79 Å². The van der Waals surface area contributed by atoms with E-state index in [-0.39, 0.29) is 5.69 Å². The van der Waals surface area contributed by atoms with Crippen molar-refractivity contribution >= 4 is 11.2 Å². The molecular weight excluding hydrogens is 344 g/mol. The predicted molar refractivity (Wildman–Crippen MR) is 99.2 cm³/mol. The van der Waals surface area contributed by atoms with Crippen molar-refractivity contribution in [2.24, 2.45) is 13.0 Å². The number of imidazole rings is 1. The lowest BCUT2D eigenvalue weighted by atomic mass is 9.97. The summed E-state index contributed by atoms with van der Waals surface area (Å²) in [5, 5.41) is 8.36. The minimum Gasteiger partial charge on any atom is -0.424 e. The Bertz CT molecular complexity index is 1010. The largest absolute Gasteiger partial charge is 0.424 e. The Labute approximate surface area is 156 Å². The summed E-state index contributed by atoms with van der Waals surface area (Å²) >= 11 is 0. The second-order valence-corrected chi connectivity index (χ2v) is 7.83. The van der Waals surface area contributed by atoms with E-state index in [0.717, 1.165) is 62.0 Å². The Kier molecular flexibility index (Phi) is 4.07. The standard InChI is InChI=1S/C19H24N6O2/c1-23-15-3-2-8-20-17(15)25(19(23)26)11-13-6-9-24(10-7-13)12-16-21-22-18(27-16)14-4-5-14/h2-3,8,13-14H,4-7,9-12H2,1H3. The number of hydrogen-bond acceptors (Lipinski definition) is 6. The van der Waals surface area contributed by atoms with Gasteiger partial charge in [-0.15, -0.1) is 10.2 Å². The van der Waals surface area contributed by atoms with Gasteiger partial charge in [0.1, 0.15) is 0 Å². The first kappa shape index (κ1) is 16.7. The van der Waals surface area contributed by atoms with Crippen LogP contribution >= 0.6 is 0 Å². The van der Waals surface area contributed by atoms with Gasteiger partial charge in [-0.1, -0.05) is 0 Å². The molecule has 0 N–H and O–H groups in total. The van der Waals surface area contributed by atoms with Gasteiger partial charge in [0.15, 0.2) is 5.65 Å². The molecule has 2 aliphatic rings. The first-order chi connectivity index (χ1) is 13.2. The molecule has 27 heavy (non-hydrogen) atoms. The maximum Gasteiger partial charge on any atom is 0.330 e. The third-order valence-corrected chi connectivity index (χ3v) is 5.82. The van der Waals surface area contributed by atoms with Crippen molar-refractivity contribution in [3.05, 3.63) is 40.6 Å². The van der Waals surface area contributed by atoms with Gasteiger partial charge in [-0.25, -0.2) is 9.78 Å². The minimum atomic E-state index is 0.0181. The first-order valence-electron chi connectivity index (χ1n) is 9.74. The highest BCUT2D eigenvalue weighted by Crippen LogP contribution is 2.39. The molecule has 0 spiro atoms. The minimum absolute atomic E-state index is 0.0181. The maximum atomic E-state index is 12.6. The van der Waals surface area contributed by atoms with E-state index >= 15 is 0 Å². The summed E-state index contributed by atoms with van der Waals surface area (Å²) in [6.07, 6.45) is 6.21. The van der Waals surface area contributed by atoms with Crippen LogP contribution in [0.1, 0.15) is 43.4 Å². The van der Waals surface area contributed by atoms with E-state index in [1.165, 1.54) is 12.8 Å². The molecule has 0 atom stereocenters. The Hall–Kier alpha value is -2.48. The van der Waals surface area contributed by atoms with Gasteiger partial charge in [-0.05, 0) is 56.8 Å². The molecule has 2 fully saturated rings. The summed E-state index contributed by atoms with van der Waals surface area (Å²) in [5.41, 5.74) is 1.69. The molecular formula is C19H24N6O2. The number of aromatic nitrogens is 5. The highest BCUT2D eigenvalue weighted by Gasteiger charge is 2.30. The molecule has 5 rings (SSSR count). The third kappa shape index (κ3) is 3.18. The molecule has 1 aliphatic heterocycles. The Morgan fingerprint density at radius 3 is 2.78 bits per heavy atom. The molecule has 0 unspecified atom stereocenters. The van der Waals surface area contributed by atoms with Gasteiger partial charge in [0.05, 0.1) is 12.1 Å². The smallest absolute Gasteiger partial charge is 0.330 e. The van der Waals surface area contributed by atoms with Gasteiger partial charge >= 0.3 is 5.69 Å². The van der Waals surface area contributed by atoms with Gasteiger partial charge in [-0.2, -0.15) is 0 Å². The number of nitrogens with zero attached hydrogens (tertiary/aromatic N) is 6. The van der Waals surface area contributed by atoms with Crippen LogP contribution in [0.25, 0.3) is 11.2 Å². The second kappa shape index (κ2) is 6.60. The Morgan fingerprint density at radius 2 is 2.00 bits per heavy atom. The SMILES string of the molecule is Cn1c(=O)n(CC2CCN(Cc3nnc(C4CC4)o3)CC2)c2ncccc21. The van der Waals surface area contributed by atoms with Crippen molar-refractivity contribution < 1.29 is 4.42 Å². The van der Waals surface area contributed by atoms with E-state index in [1.54, 1.807) is 10.8 Å². The quantitative estimate of drug-likeness (QED) is 0.684. The van der Waals surface area contributed by atoms with Crippen molar-refractivity contribution in [3.63, 3.8) is 0 Å². The Balaban J connectivity index is 1.22. The lowest BCUT2D eigenvalue weighted by Gasteiger charge is -2.30. The van der Waals surface area contributed by atoms with E-state index < -0.39 is 0 Å². The first-order valence-corrected chi connectivity index (χ1v) is 9.74. The van der Waals surface area contributed by atoms with Crippen LogP contribution in [0.5, 0.6) is 0 Å². The highest BCUT2D eigenvalue weighted by atomic mass is 16.4. The van der Waals surface area contributed by atoms with Crippen LogP contribution in [0, 0.1) is 5.92 Å². The van der Waals surface area contributed by atoms with Gasteiger partial charge in [0.2, 0.25) is 11.8 Å². The topological polar surface area (TPSA) is 82.0 Å². The van der Waals surface area contributed by atoms with Crippen molar-refractivity contribution in [2.45, 2.75) is 44.7 Å². The van der Waals surface area contributed by atoms with Crippen molar-refractivity contribution in [1.82, 2.24) is 29.2 Å². The van der Waals surface area contributed by atoms with Crippen LogP contribution in [0.3, 0.4) is 0 Å². The Morgan fingerprint density at radius 1 is 1.19 bits per heavy atom. The fourth-order valence-corrected chi connectivity index (χ4v) is 4.00. The molecule has 1 saturated heterocycles. The fourth-order valence-electron chi connectivity index (χ4n) is 4.00. The highest BCUT2D eigenvalue weighted by molar-refractivity contribution is 5.71. The van der Waals surface area contributed by atoms with Crippen molar-refractivity contribution in [3.8, 4) is 0 Å². The normalized spacial score (nSPS) is 19.1. The molecule has 0 bridgehead atoms.